The first kappa shape index (κ1) is 14.4. The first-order valence-electron chi connectivity index (χ1n) is 7.89. The van der Waals surface area contributed by atoms with Gasteiger partial charge in [-0.15, -0.1) is 0 Å². The quantitative estimate of drug-likeness (QED) is 0.834. The average Bonchev–Trinajstić information content (AvgIpc) is 2.47. The largest absolute Gasteiger partial charge is 0.508 e. The van der Waals surface area contributed by atoms with Crippen LogP contribution in [0.15, 0.2) is 18.2 Å². The number of benzene rings is 1. The smallest absolute Gasteiger partial charge is 0.254 e. The number of hydrogen-bond donors (Lipinski definition) is 2. The Kier molecular flexibility index (Phi) is 3.89. The summed E-state index contributed by atoms with van der Waals surface area (Å²) in [6, 6.07) is 5.00. The SMILES string of the molecule is Cc1cc(O)ccc1C(=O)N1CCCC2(CCCNC2)C1. The fourth-order valence-corrected chi connectivity index (χ4v) is 3.82. The minimum absolute atomic E-state index is 0.108. The van der Waals surface area contributed by atoms with Gasteiger partial charge in [0.15, 0.2) is 0 Å². The van der Waals surface area contributed by atoms with E-state index in [-0.39, 0.29) is 17.1 Å². The molecule has 0 bridgehead atoms. The Morgan fingerprint density at radius 1 is 1.33 bits per heavy atom. The van der Waals surface area contributed by atoms with Crippen LogP contribution in [0.25, 0.3) is 0 Å². The number of nitrogens with one attached hydrogen (secondary N) is 1. The fraction of sp³-hybridized carbons (Fsp3) is 0.588. The van der Waals surface area contributed by atoms with Crippen LogP contribution in [0.2, 0.25) is 0 Å². The molecule has 0 saturated carbocycles. The third-order valence-electron chi connectivity index (χ3n) is 4.95. The molecule has 21 heavy (non-hydrogen) atoms. The van der Waals surface area contributed by atoms with Gasteiger partial charge in [-0.05, 0) is 62.9 Å². The lowest BCUT2D eigenvalue weighted by Gasteiger charge is -2.45. The van der Waals surface area contributed by atoms with Crippen LogP contribution >= 0.6 is 0 Å². The van der Waals surface area contributed by atoms with Crippen molar-refractivity contribution in [3.8, 4) is 5.75 Å². The van der Waals surface area contributed by atoms with Crippen molar-refractivity contribution in [3.05, 3.63) is 29.3 Å². The van der Waals surface area contributed by atoms with Gasteiger partial charge in [0, 0.05) is 30.6 Å². The maximum Gasteiger partial charge on any atom is 0.254 e. The van der Waals surface area contributed by atoms with Crippen LogP contribution in [0.1, 0.15) is 41.6 Å². The summed E-state index contributed by atoms with van der Waals surface area (Å²) < 4.78 is 0. The molecule has 1 amide bonds. The van der Waals surface area contributed by atoms with Crippen molar-refractivity contribution in [1.82, 2.24) is 10.2 Å². The molecule has 2 saturated heterocycles. The minimum Gasteiger partial charge on any atom is -0.508 e. The molecule has 4 nitrogen and oxygen atoms in total. The van der Waals surface area contributed by atoms with Gasteiger partial charge < -0.3 is 15.3 Å². The van der Waals surface area contributed by atoms with E-state index in [0.717, 1.165) is 38.2 Å². The highest BCUT2D eigenvalue weighted by atomic mass is 16.3. The van der Waals surface area contributed by atoms with Crippen LogP contribution in [-0.4, -0.2) is 42.1 Å². The van der Waals surface area contributed by atoms with Crippen molar-refractivity contribution in [2.75, 3.05) is 26.2 Å². The molecule has 0 aliphatic carbocycles. The zero-order chi connectivity index (χ0) is 14.9. The van der Waals surface area contributed by atoms with E-state index in [1.54, 1.807) is 18.2 Å². The van der Waals surface area contributed by atoms with Crippen molar-refractivity contribution in [2.45, 2.75) is 32.6 Å². The van der Waals surface area contributed by atoms with Crippen molar-refractivity contribution in [1.29, 1.82) is 0 Å². The predicted octanol–water partition coefficient (Wildman–Crippen LogP) is 2.31. The average molecular weight is 288 g/mol. The molecule has 1 unspecified atom stereocenters. The zero-order valence-corrected chi connectivity index (χ0v) is 12.7. The van der Waals surface area contributed by atoms with E-state index < -0.39 is 0 Å². The summed E-state index contributed by atoms with van der Waals surface area (Å²) in [5.41, 5.74) is 1.84. The van der Waals surface area contributed by atoms with Crippen LogP contribution < -0.4 is 5.32 Å². The maximum atomic E-state index is 12.8. The topological polar surface area (TPSA) is 52.6 Å². The standard InChI is InChI=1S/C17H24N2O2/c1-13-10-14(20)4-5-15(13)16(21)19-9-3-7-17(12-19)6-2-8-18-11-17/h4-5,10,18,20H,2-3,6-9,11-12H2,1H3. The van der Waals surface area contributed by atoms with E-state index in [2.05, 4.69) is 5.32 Å². The Morgan fingerprint density at radius 3 is 2.86 bits per heavy atom. The van der Waals surface area contributed by atoms with Crippen LogP contribution in [0.4, 0.5) is 0 Å². The number of rotatable bonds is 1. The second-order valence-electron chi connectivity index (χ2n) is 6.61. The van der Waals surface area contributed by atoms with E-state index in [4.69, 9.17) is 0 Å². The Balaban J connectivity index is 1.77. The summed E-state index contributed by atoms with van der Waals surface area (Å²) in [5.74, 6) is 0.327. The first-order valence-corrected chi connectivity index (χ1v) is 7.89. The highest BCUT2D eigenvalue weighted by molar-refractivity contribution is 5.95. The lowest BCUT2D eigenvalue weighted by molar-refractivity contribution is 0.0433. The van der Waals surface area contributed by atoms with Crippen molar-refractivity contribution in [2.24, 2.45) is 5.41 Å². The van der Waals surface area contributed by atoms with Gasteiger partial charge >= 0.3 is 0 Å². The van der Waals surface area contributed by atoms with E-state index in [0.29, 0.717) is 5.56 Å². The Hall–Kier alpha value is -1.55. The first-order chi connectivity index (χ1) is 10.1. The molecule has 2 aliphatic heterocycles. The lowest BCUT2D eigenvalue weighted by Crippen LogP contribution is -2.52. The molecule has 1 atom stereocenters. The van der Waals surface area contributed by atoms with E-state index in [1.165, 1.54) is 19.3 Å². The molecule has 0 aromatic heterocycles. The van der Waals surface area contributed by atoms with Crippen molar-refractivity contribution in [3.63, 3.8) is 0 Å². The third-order valence-corrected chi connectivity index (χ3v) is 4.95. The van der Waals surface area contributed by atoms with Crippen LogP contribution in [-0.2, 0) is 0 Å². The van der Waals surface area contributed by atoms with Gasteiger partial charge in [-0.3, -0.25) is 4.79 Å². The van der Waals surface area contributed by atoms with Gasteiger partial charge in [-0.2, -0.15) is 0 Å². The van der Waals surface area contributed by atoms with Gasteiger partial charge in [0.1, 0.15) is 5.75 Å². The number of likely N-dealkylation sites (tertiary alicyclic amines) is 1. The second-order valence-corrected chi connectivity index (χ2v) is 6.61. The predicted molar refractivity (Wildman–Crippen MR) is 82.5 cm³/mol. The number of aryl methyl sites for hydroxylation is 1. The van der Waals surface area contributed by atoms with E-state index in [1.807, 2.05) is 11.8 Å². The highest BCUT2D eigenvalue weighted by Gasteiger charge is 2.38. The number of phenols is 1. The summed E-state index contributed by atoms with van der Waals surface area (Å²) in [6.07, 6.45) is 4.74. The molecule has 2 heterocycles. The minimum atomic E-state index is 0.108. The third kappa shape index (κ3) is 2.91. The van der Waals surface area contributed by atoms with Gasteiger partial charge in [0.05, 0.1) is 0 Å². The lowest BCUT2D eigenvalue weighted by atomic mass is 9.74. The number of nitrogens with zero attached hydrogens (tertiary/aromatic N) is 1. The molecule has 0 radical (unpaired) electrons. The monoisotopic (exact) mass is 288 g/mol. The molecule has 1 aromatic rings. The normalized spacial score (nSPS) is 26.0. The Labute approximate surface area is 126 Å². The Morgan fingerprint density at radius 2 is 2.14 bits per heavy atom. The van der Waals surface area contributed by atoms with Gasteiger partial charge in [-0.1, -0.05) is 0 Å². The van der Waals surface area contributed by atoms with E-state index >= 15 is 0 Å². The molecule has 2 N–H and O–H groups in total. The summed E-state index contributed by atoms with van der Waals surface area (Å²) in [4.78, 5) is 14.8. The molecule has 3 rings (SSSR count). The summed E-state index contributed by atoms with van der Waals surface area (Å²) in [5, 5.41) is 13.0. The van der Waals surface area contributed by atoms with Crippen molar-refractivity contribution >= 4 is 5.91 Å². The van der Waals surface area contributed by atoms with Gasteiger partial charge in [0.25, 0.3) is 5.91 Å². The summed E-state index contributed by atoms with van der Waals surface area (Å²) >= 11 is 0. The summed E-state index contributed by atoms with van der Waals surface area (Å²) in [7, 11) is 0. The van der Waals surface area contributed by atoms with E-state index in [9.17, 15) is 9.90 Å². The molecule has 2 fully saturated rings. The molecular weight excluding hydrogens is 264 g/mol. The molecule has 1 aromatic carbocycles. The molecule has 114 valence electrons. The van der Waals surface area contributed by atoms with Crippen LogP contribution in [0.3, 0.4) is 0 Å². The molecule has 2 aliphatic rings. The fourth-order valence-electron chi connectivity index (χ4n) is 3.82. The van der Waals surface area contributed by atoms with Gasteiger partial charge in [-0.25, -0.2) is 0 Å². The summed E-state index contributed by atoms with van der Waals surface area (Å²) in [6.45, 7) is 5.73. The molecule has 1 spiro atoms. The highest BCUT2D eigenvalue weighted by Crippen LogP contribution is 2.36. The number of amides is 1. The number of hydrogen-bond acceptors (Lipinski definition) is 3. The van der Waals surface area contributed by atoms with Crippen LogP contribution in [0, 0.1) is 12.3 Å². The van der Waals surface area contributed by atoms with Crippen molar-refractivity contribution < 1.29 is 9.90 Å². The number of phenolic OH excluding ortho intramolecular Hbond substituents is 1. The second kappa shape index (κ2) is 5.68. The Bertz CT molecular complexity index is 530. The number of carbonyl (C=O) groups is 1. The number of aromatic hydroxyl groups is 1. The van der Waals surface area contributed by atoms with Gasteiger partial charge in [0.2, 0.25) is 0 Å². The number of piperidine rings is 2. The molecule has 4 heteroatoms. The zero-order valence-electron chi connectivity index (χ0n) is 12.7. The van der Waals surface area contributed by atoms with Crippen LogP contribution in [0.5, 0.6) is 5.75 Å². The maximum absolute atomic E-state index is 12.8. The molecular formula is C17H24N2O2. The number of carbonyl (C=O) groups excluding carboxylic acids is 1.